The summed E-state index contributed by atoms with van der Waals surface area (Å²) in [7, 11) is 2.22. The Balaban J connectivity index is 0.000000795. The number of carbonyl (C=O) groups excluding carboxylic acids is 5. The molecule has 6 aliphatic carbocycles. The number of piperidine rings is 5. The number of hydrogen-bond acceptors (Lipinski definition) is 12. The summed E-state index contributed by atoms with van der Waals surface area (Å²) in [4.78, 5) is 71.7. The van der Waals surface area contributed by atoms with E-state index in [2.05, 4.69) is 249 Å². The van der Waals surface area contributed by atoms with Gasteiger partial charge in [-0.2, -0.15) is 0 Å². The van der Waals surface area contributed by atoms with Crippen LogP contribution in [-0.2, 0) is 30.2 Å². The number of aryl methyl sites for hydroxylation is 1. The number of amides is 4. The van der Waals surface area contributed by atoms with E-state index in [0.717, 1.165) is 182 Å². The molecule has 6 aliphatic heterocycles. The van der Waals surface area contributed by atoms with Gasteiger partial charge in [-0.05, 0) is 389 Å². The summed E-state index contributed by atoms with van der Waals surface area (Å²) in [6, 6.07) is 6.09. The number of hydrogen-bond donors (Lipinski definition) is 2. The minimum atomic E-state index is -0.397. The molecule has 12 fully saturated rings. The van der Waals surface area contributed by atoms with Crippen molar-refractivity contribution in [2.24, 2.45) is 121 Å². The first kappa shape index (κ1) is 139. The molecule has 4 amide bonds. The molecule has 16 nitrogen and oxygen atoms in total. The summed E-state index contributed by atoms with van der Waals surface area (Å²) in [5.41, 5.74) is 7.12. The Morgan fingerprint density at radius 3 is 1.02 bits per heavy atom. The number of aliphatic hydroxyl groups is 1. The van der Waals surface area contributed by atoms with E-state index in [0.29, 0.717) is 61.9 Å². The monoisotopic (exact) mass is 2050 g/mol. The molecular formula is C130H245N7O9. The Morgan fingerprint density at radius 2 is 0.726 bits per heavy atom. The van der Waals surface area contributed by atoms with E-state index in [9.17, 15) is 24.0 Å². The topological polar surface area (TPSA) is 174 Å². The first-order valence-electron chi connectivity index (χ1n) is 59.8. The third-order valence-electron chi connectivity index (χ3n) is 32.6. The van der Waals surface area contributed by atoms with E-state index in [1.54, 1.807) is 6.92 Å². The lowest BCUT2D eigenvalue weighted by Crippen LogP contribution is -2.45. The van der Waals surface area contributed by atoms with Crippen molar-refractivity contribution in [1.29, 1.82) is 0 Å². The van der Waals surface area contributed by atoms with Gasteiger partial charge in [-0.25, -0.2) is 14.4 Å². The Hall–Kier alpha value is -4.96. The van der Waals surface area contributed by atoms with E-state index < -0.39 is 5.60 Å². The lowest BCUT2D eigenvalue weighted by molar-refractivity contribution is -0.130. The van der Waals surface area contributed by atoms with Crippen molar-refractivity contribution in [2.75, 3.05) is 79.0 Å². The summed E-state index contributed by atoms with van der Waals surface area (Å²) < 4.78 is 16.1. The molecule has 854 valence electrons. The van der Waals surface area contributed by atoms with Gasteiger partial charge >= 0.3 is 18.3 Å². The van der Waals surface area contributed by atoms with E-state index in [4.69, 9.17) is 19.3 Å². The molecule has 2 N–H and O–H groups in total. The van der Waals surface area contributed by atoms with Crippen molar-refractivity contribution in [3.05, 3.63) is 66.7 Å². The van der Waals surface area contributed by atoms with Crippen LogP contribution in [0.15, 0.2) is 61.0 Å². The second-order valence-corrected chi connectivity index (χ2v) is 58.6. The number of nitrogens with one attached hydrogen (secondary N) is 1. The van der Waals surface area contributed by atoms with Gasteiger partial charge in [0.25, 0.3) is 0 Å². The van der Waals surface area contributed by atoms with Gasteiger partial charge < -0.3 is 49.1 Å². The van der Waals surface area contributed by atoms with Gasteiger partial charge in [-0.3, -0.25) is 14.6 Å². The normalized spacial score (nSPS) is 25.9. The molecule has 3 unspecified atom stereocenters. The summed E-state index contributed by atoms with van der Waals surface area (Å²) in [6.45, 7) is 108. The molecule has 1 aromatic heterocycles. The highest BCUT2D eigenvalue weighted by atomic mass is 16.6. The predicted octanol–water partition coefficient (Wildman–Crippen LogP) is 35.8. The highest BCUT2D eigenvalue weighted by Gasteiger charge is 2.38. The van der Waals surface area contributed by atoms with Crippen LogP contribution in [0.5, 0.6) is 0 Å². The van der Waals surface area contributed by atoms with E-state index in [1.807, 2.05) is 100 Å². The van der Waals surface area contributed by atoms with Crippen LogP contribution in [0.2, 0.25) is 0 Å². The van der Waals surface area contributed by atoms with Crippen LogP contribution in [0.25, 0.3) is 0 Å². The summed E-state index contributed by atoms with van der Waals surface area (Å²) in [6.07, 6.45) is 49.3. The fourth-order valence-electron chi connectivity index (χ4n) is 21.5. The van der Waals surface area contributed by atoms with Crippen molar-refractivity contribution in [3.8, 4) is 0 Å². The van der Waals surface area contributed by atoms with Crippen molar-refractivity contribution in [2.45, 2.75) is 537 Å². The van der Waals surface area contributed by atoms with Gasteiger partial charge in [0.1, 0.15) is 22.6 Å². The molecule has 6 saturated carbocycles. The summed E-state index contributed by atoms with van der Waals surface area (Å²) in [5.74, 6) is 12.4. The number of ether oxygens (including phenoxy) is 3. The number of likely N-dealkylation sites (tertiary alicyclic amines) is 5. The van der Waals surface area contributed by atoms with E-state index in [1.165, 1.54) is 215 Å². The molecule has 0 aromatic carbocycles. The average Bonchev–Trinajstić information content (AvgIpc) is 1.28. The number of pyridine rings is 1. The number of ketones is 1. The minimum Gasteiger partial charge on any atom is -0.444 e. The Bertz CT molecular complexity index is 3570. The minimum absolute atomic E-state index is 0.0196. The lowest BCUT2D eigenvalue weighted by atomic mass is 9.70. The number of rotatable bonds is 3. The van der Waals surface area contributed by atoms with Crippen LogP contribution in [0.3, 0.4) is 0 Å². The van der Waals surface area contributed by atoms with Crippen molar-refractivity contribution in [1.82, 2.24) is 34.8 Å². The molecule has 146 heavy (non-hydrogen) atoms. The second kappa shape index (κ2) is 67.7. The Labute approximate surface area is 905 Å². The first-order chi connectivity index (χ1) is 67.0. The van der Waals surface area contributed by atoms with Gasteiger partial charge in [0, 0.05) is 96.3 Å². The van der Waals surface area contributed by atoms with E-state index >= 15 is 0 Å². The van der Waals surface area contributed by atoms with Gasteiger partial charge in [0.2, 0.25) is 5.91 Å². The third-order valence-corrected chi connectivity index (χ3v) is 32.6. The van der Waals surface area contributed by atoms with Crippen molar-refractivity contribution < 1.29 is 43.3 Å². The van der Waals surface area contributed by atoms with Crippen LogP contribution in [0.4, 0.5) is 14.4 Å². The number of nitrogens with zero attached hydrogens (tertiary/aromatic N) is 6. The fraction of sp³-hybridized carbons (Fsp3) is 0.877. The van der Waals surface area contributed by atoms with Crippen molar-refractivity contribution >= 4 is 30.0 Å². The zero-order valence-electron chi connectivity index (χ0n) is 104. The SMILES string of the molecule is C=C1CC(C(C)(C)C)CN1.C=C1CCC[C@@H](C)C1.C=C1CCC[C@H](C)C1.CC(=O)N1CCC(C(C)(C)C)CC1.CC(C)(C)C1CCCC(=O)C1.CC(C)(C)CCc1ccccn1.CC(C)(C)OC(=O)N1CCCC(C(C)(C)C)C1.CC1CCC(C(C)(C)C)CC1.CC1CCC(O)CC1.CCC1CCC(C)CC1.CN1CCC(C(C)(C)C)CC1.C[C@@H]1CCCN(C(=O)OC(C)(C)C)C1.C[C@H]1CCCN(C(=O)OC(C)(C)C)C1. The molecule has 13 rings (SSSR count). The zero-order chi connectivity index (χ0) is 112. The molecular weight excluding hydrogens is 1800 g/mol. The smallest absolute Gasteiger partial charge is 0.410 e. The molecule has 16 heteroatoms. The molecule has 0 radical (unpaired) electrons. The maximum atomic E-state index is 12.0. The largest absolute Gasteiger partial charge is 0.444 e. The molecule has 0 spiro atoms. The molecule has 0 bridgehead atoms. The molecule has 7 atom stereocenters. The van der Waals surface area contributed by atoms with Crippen LogP contribution in [0.1, 0.15) is 513 Å². The lowest BCUT2D eigenvalue weighted by Gasteiger charge is -2.40. The van der Waals surface area contributed by atoms with Gasteiger partial charge in [-0.1, -0.05) is 296 Å². The zero-order valence-corrected chi connectivity index (χ0v) is 104. The molecule has 12 aliphatic rings. The summed E-state index contributed by atoms with van der Waals surface area (Å²) >= 11 is 0. The molecule has 1 aromatic rings. The van der Waals surface area contributed by atoms with E-state index in [-0.39, 0.29) is 46.9 Å². The molecule has 6 saturated heterocycles. The van der Waals surface area contributed by atoms with Gasteiger partial charge in [0.15, 0.2) is 0 Å². The number of allylic oxidation sites excluding steroid dienone is 3. The first-order valence-corrected chi connectivity index (χ1v) is 59.8. The van der Waals surface area contributed by atoms with Crippen LogP contribution in [0, 0.1) is 121 Å². The average molecular weight is 2050 g/mol. The fourth-order valence-corrected chi connectivity index (χ4v) is 21.5. The standard InChI is InChI=1S/C14H27NO2.2C11H21NO2.C11H21NO.C11H17N.C11H22.C10H21N.C10H18O.C9H17N.C9H18.2C8H14.C7H14O/c1-13(2,3)11-8-7-9-15(10-11)12(16)17-14(4,5)6;2*1-9-6-5-7-12(8-9)10(13)14-11(2,3)4;1-9(13)12-7-5-10(6-8-12)11(2,3)4;1-11(2,3)8-7-10-6-4-5-9-12-10;1-9-5-7-10(8-6-9)11(2,3)4;1-10(2,3)9-5-7-11(4)8-6-9;1-10(2,3)8-5-4-6-9(11)7-8;1-7-5-8(6-10-7)9(2,3)4;1-3-9-6-4-8(2)5-7-9;2*1-7-4-3-5-8(2)6-7;1-6-2-4-7(8)5-3-6/h11H,7-10H2,1-6H3;2*9H,5-8H2,1-4H3;10H,5-8H2,1-4H3;4-6,9H,7-8H2,1-3H3;9-10H,5-8H2,1-4H3;9H,5-8H2,1-4H3;8H,4-7H2,1-3H3;8,10H,1,5-6H2,2-4H3;8-9H,3-7H2,1-2H3;2*8H,1,3-6H2,2H3;6-8H,2-5H2,1H3/t;2*9-;;;;;;;;2*8-;/m.10.......10./s1. The third kappa shape index (κ3) is 68.2. The Kier molecular flexibility index (Phi) is 64.4. The van der Waals surface area contributed by atoms with Gasteiger partial charge in [0.05, 0.1) is 6.10 Å². The van der Waals surface area contributed by atoms with Crippen LogP contribution >= 0.6 is 0 Å². The number of carbonyl (C=O) groups is 5. The van der Waals surface area contributed by atoms with Crippen LogP contribution in [-0.4, -0.2) is 167 Å². The number of aromatic nitrogens is 1. The van der Waals surface area contributed by atoms with Gasteiger partial charge in [-0.15, -0.1) is 0 Å². The maximum absolute atomic E-state index is 12.0. The Morgan fingerprint density at radius 1 is 0.377 bits per heavy atom. The highest BCUT2D eigenvalue weighted by molar-refractivity contribution is 5.79. The predicted molar refractivity (Wildman–Crippen MR) is 629 cm³/mol. The summed E-state index contributed by atoms with van der Waals surface area (Å²) in [5, 5.41) is 12.3. The number of aliphatic hydroxyl groups excluding tert-OH is 1. The molecule has 7 heterocycles. The quantitative estimate of drug-likeness (QED) is 0.217. The maximum Gasteiger partial charge on any atom is 0.410 e. The number of Topliss-reactive ketones (excluding diaryl/α,β-unsaturated/α-hetero) is 1. The second-order valence-electron chi connectivity index (χ2n) is 58.6. The highest BCUT2D eigenvalue weighted by Crippen LogP contribution is 2.43. The van der Waals surface area contributed by atoms with Crippen LogP contribution < -0.4 is 5.32 Å². The van der Waals surface area contributed by atoms with Crippen molar-refractivity contribution in [3.63, 3.8) is 0 Å².